The Labute approximate surface area is 119 Å². The molecule has 0 saturated carbocycles. The molecule has 2 rings (SSSR count). The van der Waals surface area contributed by atoms with Crippen LogP contribution in [0.1, 0.15) is 23.9 Å². The Bertz CT molecular complexity index is 558. The summed E-state index contributed by atoms with van der Waals surface area (Å²) in [5.41, 5.74) is 9.18. The number of aromatic nitrogens is 2. The van der Waals surface area contributed by atoms with Crippen LogP contribution in [0.4, 0.5) is 0 Å². The summed E-state index contributed by atoms with van der Waals surface area (Å²) in [6, 6.07) is 10.3. The van der Waals surface area contributed by atoms with Crippen LogP contribution in [0.25, 0.3) is 0 Å². The molecule has 0 bridgehead atoms. The summed E-state index contributed by atoms with van der Waals surface area (Å²) in [5.74, 6) is 0. The molecule has 1 atom stereocenters. The number of rotatable bonds is 4. The minimum atomic E-state index is -0.342. The summed E-state index contributed by atoms with van der Waals surface area (Å²) in [5, 5.41) is 5.06. The van der Waals surface area contributed by atoms with E-state index in [0.29, 0.717) is 6.42 Å². The van der Waals surface area contributed by atoms with E-state index in [4.69, 9.17) is 17.3 Å². The first-order valence-corrected chi connectivity index (χ1v) is 6.77. The van der Waals surface area contributed by atoms with Crippen molar-refractivity contribution >= 4 is 11.6 Å². The van der Waals surface area contributed by atoms with Crippen LogP contribution in [-0.4, -0.2) is 15.3 Å². The maximum absolute atomic E-state index is 6.43. The summed E-state index contributed by atoms with van der Waals surface area (Å²) in [6.07, 6.45) is 1.52. The van der Waals surface area contributed by atoms with Crippen LogP contribution in [0, 0.1) is 6.92 Å². The second-order valence-corrected chi connectivity index (χ2v) is 5.84. The minimum Gasteiger partial charge on any atom is -0.325 e. The lowest BCUT2D eigenvalue weighted by molar-refractivity contribution is 0.447. The second kappa shape index (κ2) is 5.35. The molecule has 19 heavy (non-hydrogen) atoms. The zero-order chi connectivity index (χ0) is 14.0. The highest BCUT2D eigenvalue weighted by molar-refractivity contribution is 6.31. The predicted octanol–water partition coefficient (Wildman–Crippen LogP) is 2.88. The minimum absolute atomic E-state index is 0.342. The van der Waals surface area contributed by atoms with E-state index < -0.39 is 0 Å². The number of hydrogen-bond acceptors (Lipinski definition) is 2. The molecular weight excluding hydrogens is 258 g/mol. The Morgan fingerprint density at radius 3 is 2.42 bits per heavy atom. The second-order valence-electron chi connectivity index (χ2n) is 5.46. The molecule has 0 amide bonds. The van der Waals surface area contributed by atoms with E-state index in [9.17, 15) is 0 Å². The molecular formula is C15H20ClN3. The molecule has 0 aliphatic carbocycles. The van der Waals surface area contributed by atoms with Gasteiger partial charge in [0.25, 0.3) is 0 Å². The van der Waals surface area contributed by atoms with Gasteiger partial charge in [-0.15, -0.1) is 0 Å². The van der Waals surface area contributed by atoms with E-state index in [-0.39, 0.29) is 5.54 Å². The fourth-order valence-corrected chi connectivity index (χ4v) is 2.61. The van der Waals surface area contributed by atoms with Crippen molar-refractivity contribution in [2.75, 3.05) is 0 Å². The van der Waals surface area contributed by atoms with Crippen molar-refractivity contribution in [3.05, 3.63) is 52.3 Å². The molecule has 0 radical (unpaired) electrons. The number of benzene rings is 1. The van der Waals surface area contributed by atoms with Crippen molar-refractivity contribution in [2.24, 2.45) is 12.8 Å². The first-order valence-electron chi connectivity index (χ1n) is 6.40. The van der Waals surface area contributed by atoms with E-state index in [1.54, 1.807) is 0 Å². The van der Waals surface area contributed by atoms with Gasteiger partial charge in [-0.25, -0.2) is 0 Å². The maximum atomic E-state index is 6.43. The molecule has 1 aromatic heterocycles. The normalized spacial score (nSPS) is 14.4. The first kappa shape index (κ1) is 14.1. The van der Waals surface area contributed by atoms with Gasteiger partial charge in [-0.1, -0.05) is 41.9 Å². The Hall–Kier alpha value is -1.32. The highest BCUT2D eigenvalue weighted by Crippen LogP contribution is 2.24. The fourth-order valence-electron chi connectivity index (χ4n) is 2.38. The fraction of sp³-hybridized carbons (Fsp3) is 0.400. The SMILES string of the molecule is Cc1nn(C)c(CC(C)(N)Cc2ccccc2)c1Cl. The van der Waals surface area contributed by atoms with E-state index in [0.717, 1.165) is 22.8 Å². The van der Waals surface area contributed by atoms with Crippen LogP contribution >= 0.6 is 11.6 Å². The zero-order valence-corrected chi connectivity index (χ0v) is 12.4. The molecule has 4 heteroatoms. The molecule has 0 fully saturated rings. The van der Waals surface area contributed by atoms with Crippen molar-refractivity contribution in [1.82, 2.24) is 9.78 Å². The Morgan fingerprint density at radius 2 is 1.89 bits per heavy atom. The van der Waals surface area contributed by atoms with Crippen LogP contribution in [0.3, 0.4) is 0 Å². The zero-order valence-electron chi connectivity index (χ0n) is 11.7. The van der Waals surface area contributed by atoms with Gasteiger partial charge in [-0.05, 0) is 25.8 Å². The predicted molar refractivity (Wildman–Crippen MR) is 79.4 cm³/mol. The number of nitrogens with two attached hydrogens (primary N) is 1. The molecule has 102 valence electrons. The lowest BCUT2D eigenvalue weighted by Crippen LogP contribution is -2.41. The third-order valence-electron chi connectivity index (χ3n) is 3.28. The van der Waals surface area contributed by atoms with Gasteiger partial charge in [-0.3, -0.25) is 4.68 Å². The number of nitrogens with zero attached hydrogens (tertiary/aromatic N) is 2. The largest absolute Gasteiger partial charge is 0.325 e. The Morgan fingerprint density at radius 1 is 1.26 bits per heavy atom. The monoisotopic (exact) mass is 277 g/mol. The smallest absolute Gasteiger partial charge is 0.0847 e. The Kier molecular flexibility index (Phi) is 3.97. The summed E-state index contributed by atoms with van der Waals surface area (Å²) in [6.45, 7) is 3.97. The van der Waals surface area contributed by atoms with Crippen molar-refractivity contribution in [1.29, 1.82) is 0 Å². The highest BCUT2D eigenvalue weighted by atomic mass is 35.5. The number of halogens is 1. The van der Waals surface area contributed by atoms with E-state index in [1.165, 1.54) is 5.56 Å². The standard InChI is InChI=1S/C15H20ClN3/c1-11-14(16)13(19(3)18-11)10-15(2,17)9-12-7-5-4-6-8-12/h4-8H,9-10,17H2,1-3H3. The van der Waals surface area contributed by atoms with E-state index >= 15 is 0 Å². The van der Waals surface area contributed by atoms with Gasteiger partial charge in [0, 0.05) is 19.0 Å². The lowest BCUT2D eigenvalue weighted by Gasteiger charge is -2.25. The summed E-state index contributed by atoms with van der Waals surface area (Å²) < 4.78 is 1.83. The van der Waals surface area contributed by atoms with Gasteiger partial charge < -0.3 is 5.73 Å². The van der Waals surface area contributed by atoms with Crippen LogP contribution in [0.15, 0.2) is 30.3 Å². The summed E-state index contributed by atoms with van der Waals surface area (Å²) in [7, 11) is 1.91. The molecule has 2 aromatic rings. The third kappa shape index (κ3) is 3.37. The molecule has 3 nitrogen and oxygen atoms in total. The van der Waals surface area contributed by atoms with Crippen molar-refractivity contribution in [3.63, 3.8) is 0 Å². The third-order valence-corrected chi connectivity index (χ3v) is 3.78. The number of aryl methyl sites for hydroxylation is 2. The van der Waals surface area contributed by atoms with Crippen LogP contribution in [0.2, 0.25) is 5.02 Å². The van der Waals surface area contributed by atoms with Crippen LogP contribution in [-0.2, 0) is 19.9 Å². The van der Waals surface area contributed by atoms with Gasteiger partial charge >= 0.3 is 0 Å². The molecule has 1 aromatic carbocycles. The van der Waals surface area contributed by atoms with E-state index in [2.05, 4.69) is 24.2 Å². The molecule has 1 unspecified atom stereocenters. The Balaban J connectivity index is 2.17. The molecule has 0 aliphatic heterocycles. The van der Waals surface area contributed by atoms with Gasteiger partial charge in [0.2, 0.25) is 0 Å². The van der Waals surface area contributed by atoms with Crippen LogP contribution < -0.4 is 5.73 Å². The van der Waals surface area contributed by atoms with Gasteiger partial charge in [0.05, 0.1) is 16.4 Å². The van der Waals surface area contributed by atoms with E-state index in [1.807, 2.05) is 36.9 Å². The highest BCUT2D eigenvalue weighted by Gasteiger charge is 2.24. The lowest BCUT2D eigenvalue weighted by atomic mass is 9.89. The molecule has 1 heterocycles. The van der Waals surface area contributed by atoms with Crippen molar-refractivity contribution in [3.8, 4) is 0 Å². The van der Waals surface area contributed by atoms with Gasteiger partial charge in [0.1, 0.15) is 0 Å². The molecule has 0 aliphatic rings. The van der Waals surface area contributed by atoms with Crippen LogP contribution in [0.5, 0.6) is 0 Å². The molecule has 2 N–H and O–H groups in total. The quantitative estimate of drug-likeness (QED) is 0.934. The summed E-state index contributed by atoms with van der Waals surface area (Å²) in [4.78, 5) is 0. The van der Waals surface area contributed by atoms with Gasteiger partial charge in [0.15, 0.2) is 0 Å². The topological polar surface area (TPSA) is 43.8 Å². The molecule has 0 spiro atoms. The number of hydrogen-bond donors (Lipinski definition) is 1. The summed E-state index contributed by atoms with van der Waals surface area (Å²) >= 11 is 6.28. The average Bonchev–Trinajstić information content (AvgIpc) is 2.56. The molecule has 0 saturated heterocycles. The van der Waals surface area contributed by atoms with Crippen molar-refractivity contribution in [2.45, 2.75) is 32.2 Å². The maximum Gasteiger partial charge on any atom is 0.0847 e. The first-order chi connectivity index (χ1) is 8.89. The average molecular weight is 278 g/mol. The van der Waals surface area contributed by atoms with Gasteiger partial charge in [-0.2, -0.15) is 5.10 Å². The van der Waals surface area contributed by atoms with Crippen molar-refractivity contribution < 1.29 is 0 Å².